The summed E-state index contributed by atoms with van der Waals surface area (Å²) in [6, 6.07) is 2.13. The van der Waals surface area contributed by atoms with Crippen molar-refractivity contribution in [3.63, 3.8) is 0 Å². The van der Waals surface area contributed by atoms with Gasteiger partial charge in [-0.25, -0.2) is 9.97 Å². The second kappa shape index (κ2) is 6.62. The van der Waals surface area contributed by atoms with Crippen LogP contribution in [0.2, 0.25) is 0 Å². The molecule has 25 heavy (non-hydrogen) atoms. The van der Waals surface area contributed by atoms with Crippen molar-refractivity contribution < 1.29 is 22.7 Å². The monoisotopic (exact) mass is 371 g/mol. The van der Waals surface area contributed by atoms with Crippen LogP contribution in [-0.4, -0.2) is 40.0 Å². The minimum atomic E-state index is -4.42. The first-order valence-corrected chi connectivity index (χ1v) is 8.49. The van der Waals surface area contributed by atoms with E-state index in [1.165, 1.54) is 17.4 Å². The van der Waals surface area contributed by atoms with Crippen LogP contribution in [0.25, 0.3) is 0 Å². The molecule has 0 aromatic carbocycles. The third-order valence-electron chi connectivity index (χ3n) is 3.88. The van der Waals surface area contributed by atoms with E-state index in [4.69, 9.17) is 4.74 Å². The molecule has 0 bridgehead atoms. The van der Waals surface area contributed by atoms with Crippen molar-refractivity contribution in [3.8, 4) is 5.88 Å². The molecule has 3 heterocycles. The van der Waals surface area contributed by atoms with Gasteiger partial charge in [-0.15, -0.1) is 11.3 Å². The summed E-state index contributed by atoms with van der Waals surface area (Å²) in [6.07, 6.45) is -3.36. The van der Waals surface area contributed by atoms with Gasteiger partial charge in [0.15, 0.2) is 0 Å². The quantitative estimate of drug-likeness (QED) is 0.829. The molecule has 1 aliphatic heterocycles. The van der Waals surface area contributed by atoms with Crippen LogP contribution >= 0.6 is 11.3 Å². The number of likely N-dealkylation sites (tertiary alicyclic amines) is 1. The molecule has 1 aliphatic rings. The van der Waals surface area contributed by atoms with Gasteiger partial charge >= 0.3 is 6.18 Å². The lowest BCUT2D eigenvalue weighted by Crippen LogP contribution is -2.30. The molecule has 1 fully saturated rings. The zero-order chi connectivity index (χ0) is 18.2. The molecule has 3 rings (SSSR count). The summed E-state index contributed by atoms with van der Waals surface area (Å²) in [6.45, 7) is 4.55. The predicted octanol–water partition coefficient (Wildman–Crippen LogP) is 3.47. The molecule has 1 amide bonds. The van der Waals surface area contributed by atoms with E-state index in [9.17, 15) is 18.0 Å². The summed E-state index contributed by atoms with van der Waals surface area (Å²) in [5.41, 5.74) is -0.111. The highest BCUT2D eigenvalue weighted by Gasteiger charge is 2.32. The first kappa shape index (κ1) is 17.7. The topological polar surface area (TPSA) is 55.3 Å². The second-order valence-corrected chi connectivity index (χ2v) is 7.01. The zero-order valence-corrected chi connectivity index (χ0v) is 14.4. The van der Waals surface area contributed by atoms with Gasteiger partial charge in [0, 0.05) is 25.2 Å². The number of amides is 1. The highest BCUT2D eigenvalue weighted by molar-refractivity contribution is 7.13. The van der Waals surface area contributed by atoms with Crippen molar-refractivity contribution in [3.05, 3.63) is 39.5 Å². The number of pyridine rings is 1. The van der Waals surface area contributed by atoms with E-state index < -0.39 is 11.7 Å². The molecule has 0 radical (unpaired) electrons. The molecule has 0 spiro atoms. The Morgan fingerprint density at radius 3 is 2.68 bits per heavy atom. The summed E-state index contributed by atoms with van der Waals surface area (Å²) in [7, 11) is 0. The van der Waals surface area contributed by atoms with E-state index in [1.54, 1.807) is 11.8 Å². The number of hydrogen-bond acceptors (Lipinski definition) is 5. The number of carbonyl (C=O) groups excluding carboxylic acids is 1. The smallest absolute Gasteiger partial charge is 0.417 e. The molecule has 134 valence electrons. The number of ether oxygens (including phenoxy) is 1. The standard InChI is InChI=1S/C16H16F3N3O2S/c1-9-14(25-10(2)21-9)15(23)22-6-5-12(8-22)24-13-4-3-11(7-20-13)16(17,18)19/h3-4,7,12H,5-6,8H2,1-2H3/t12-/m0/s1. The van der Waals surface area contributed by atoms with Gasteiger partial charge in [0.05, 0.1) is 22.8 Å². The Kier molecular flexibility index (Phi) is 4.68. The minimum Gasteiger partial charge on any atom is -0.472 e. The Morgan fingerprint density at radius 2 is 2.12 bits per heavy atom. The first-order chi connectivity index (χ1) is 11.7. The van der Waals surface area contributed by atoms with Crippen molar-refractivity contribution in [2.24, 2.45) is 0 Å². The highest BCUT2D eigenvalue weighted by Crippen LogP contribution is 2.29. The average Bonchev–Trinajstić information content (AvgIpc) is 3.12. The van der Waals surface area contributed by atoms with Gasteiger partial charge < -0.3 is 9.64 Å². The third-order valence-corrected chi connectivity index (χ3v) is 4.94. The van der Waals surface area contributed by atoms with Crippen molar-refractivity contribution >= 4 is 17.2 Å². The van der Waals surface area contributed by atoms with Crippen molar-refractivity contribution in [1.29, 1.82) is 0 Å². The summed E-state index contributed by atoms with van der Waals surface area (Å²) < 4.78 is 43.2. The maximum atomic E-state index is 12.5. The fourth-order valence-corrected chi connectivity index (χ4v) is 3.56. The van der Waals surface area contributed by atoms with E-state index in [0.29, 0.717) is 30.1 Å². The Bertz CT molecular complexity index is 774. The van der Waals surface area contributed by atoms with Gasteiger partial charge in [0.2, 0.25) is 5.88 Å². The average molecular weight is 371 g/mol. The predicted molar refractivity (Wildman–Crippen MR) is 85.8 cm³/mol. The van der Waals surface area contributed by atoms with Crippen LogP contribution in [0, 0.1) is 13.8 Å². The molecular formula is C16H16F3N3O2S. The molecule has 2 aromatic rings. The molecule has 0 N–H and O–H groups in total. The Balaban J connectivity index is 1.61. The minimum absolute atomic E-state index is 0.0884. The second-order valence-electron chi connectivity index (χ2n) is 5.81. The molecule has 2 aromatic heterocycles. The Morgan fingerprint density at radius 1 is 1.36 bits per heavy atom. The van der Waals surface area contributed by atoms with Gasteiger partial charge in [-0.2, -0.15) is 13.2 Å². The normalized spacial score (nSPS) is 17.8. The van der Waals surface area contributed by atoms with Gasteiger partial charge in [0.25, 0.3) is 5.91 Å². The number of alkyl halides is 3. The van der Waals surface area contributed by atoms with Crippen molar-refractivity contribution in [1.82, 2.24) is 14.9 Å². The van der Waals surface area contributed by atoms with E-state index in [0.717, 1.165) is 17.3 Å². The number of halogens is 3. The number of rotatable bonds is 3. The fraction of sp³-hybridized carbons (Fsp3) is 0.438. The fourth-order valence-electron chi connectivity index (χ4n) is 2.67. The number of aryl methyl sites for hydroxylation is 2. The Labute approximate surface area is 146 Å². The highest BCUT2D eigenvalue weighted by atomic mass is 32.1. The maximum Gasteiger partial charge on any atom is 0.417 e. The van der Waals surface area contributed by atoms with Crippen LogP contribution in [0.3, 0.4) is 0 Å². The summed E-state index contributed by atoms with van der Waals surface area (Å²) in [5.74, 6) is 0.0340. The summed E-state index contributed by atoms with van der Waals surface area (Å²) >= 11 is 1.36. The van der Waals surface area contributed by atoms with Crippen LogP contribution in [-0.2, 0) is 6.18 Å². The largest absolute Gasteiger partial charge is 0.472 e. The van der Waals surface area contributed by atoms with Crippen LogP contribution in [0.5, 0.6) is 5.88 Å². The first-order valence-electron chi connectivity index (χ1n) is 7.67. The van der Waals surface area contributed by atoms with Crippen LogP contribution in [0.1, 0.15) is 32.4 Å². The van der Waals surface area contributed by atoms with E-state index in [1.807, 2.05) is 6.92 Å². The van der Waals surface area contributed by atoms with Gasteiger partial charge in [-0.05, 0) is 19.9 Å². The number of nitrogens with zero attached hydrogens (tertiary/aromatic N) is 3. The lowest BCUT2D eigenvalue weighted by atomic mass is 10.3. The Hall–Kier alpha value is -2.16. The third kappa shape index (κ3) is 3.92. The van der Waals surface area contributed by atoms with Crippen LogP contribution < -0.4 is 4.74 Å². The zero-order valence-electron chi connectivity index (χ0n) is 13.6. The molecular weight excluding hydrogens is 355 g/mol. The van der Waals surface area contributed by atoms with Crippen LogP contribution in [0.4, 0.5) is 13.2 Å². The number of aromatic nitrogens is 2. The molecule has 0 aliphatic carbocycles. The molecule has 0 saturated carbocycles. The lowest BCUT2D eigenvalue weighted by Gasteiger charge is -2.16. The maximum absolute atomic E-state index is 12.5. The molecule has 0 unspecified atom stereocenters. The SMILES string of the molecule is Cc1nc(C)c(C(=O)N2CC[C@H](Oc3ccc(C(F)(F)F)cn3)C2)s1. The van der Waals surface area contributed by atoms with Crippen molar-refractivity contribution in [2.75, 3.05) is 13.1 Å². The van der Waals surface area contributed by atoms with Crippen molar-refractivity contribution in [2.45, 2.75) is 32.5 Å². The summed E-state index contributed by atoms with van der Waals surface area (Å²) in [5, 5.41) is 0.835. The van der Waals surface area contributed by atoms with E-state index in [-0.39, 0.29) is 17.9 Å². The van der Waals surface area contributed by atoms with Crippen LogP contribution in [0.15, 0.2) is 18.3 Å². The summed E-state index contributed by atoms with van der Waals surface area (Å²) in [4.78, 5) is 22.8. The molecule has 1 atom stereocenters. The number of thiazole rings is 1. The van der Waals surface area contributed by atoms with E-state index >= 15 is 0 Å². The number of hydrogen-bond donors (Lipinski definition) is 0. The van der Waals surface area contributed by atoms with Gasteiger partial charge in [-0.3, -0.25) is 4.79 Å². The van der Waals surface area contributed by atoms with Gasteiger partial charge in [0.1, 0.15) is 11.0 Å². The van der Waals surface area contributed by atoms with Gasteiger partial charge in [-0.1, -0.05) is 0 Å². The number of carbonyl (C=O) groups is 1. The molecule has 5 nitrogen and oxygen atoms in total. The molecule has 9 heteroatoms. The molecule has 1 saturated heterocycles. The van der Waals surface area contributed by atoms with E-state index in [2.05, 4.69) is 9.97 Å². The lowest BCUT2D eigenvalue weighted by molar-refractivity contribution is -0.137.